The summed E-state index contributed by atoms with van der Waals surface area (Å²) in [4.78, 5) is 12.1. The standard InChI is InChI=1S/C19H20ClNO3/c1-3-23-17-9-15-14(12-5-7-13(20)8-6-12)10-19(22)21-16(15)11-18(17)24-4-2/h5-9,11,14H,3-4,10H2,1-2H3,(H,21,22). The monoisotopic (exact) mass is 345 g/mol. The van der Waals surface area contributed by atoms with Crippen LogP contribution in [0.2, 0.25) is 5.02 Å². The quantitative estimate of drug-likeness (QED) is 0.860. The van der Waals surface area contributed by atoms with Gasteiger partial charge in [-0.25, -0.2) is 0 Å². The molecule has 1 N–H and O–H groups in total. The summed E-state index contributed by atoms with van der Waals surface area (Å²) in [5.74, 6) is 1.32. The number of nitrogens with one attached hydrogen (secondary N) is 1. The molecule has 126 valence electrons. The lowest BCUT2D eigenvalue weighted by Crippen LogP contribution is -2.23. The van der Waals surface area contributed by atoms with Gasteiger partial charge >= 0.3 is 0 Å². The van der Waals surface area contributed by atoms with E-state index in [-0.39, 0.29) is 11.8 Å². The third-order valence-electron chi connectivity index (χ3n) is 4.03. The summed E-state index contributed by atoms with van der Waals surface area (Å²) >= 11 is 5.99. The van der Waals surface area contributed by atoms with Crippen molar-refractivity contribution >= 4 is 23.2 Å². The summed E-state index contributed by atoms with van der Waals surface area (Å²) in [6, 6.07) is 11.5. The van der Waals surface area contributed by atoms with E-state index in [2.05, 4.69) is 5.32 Å². The minimum atomic E-state index is -0.0269. The highest BCUT2D eigenvalue weighted by molar-refractivity contribution is 6.30. The predicted molar refractivity (Wildman–Crippen MR) is 95.3 cm³/mol. The average Bonchev–Trinajstić information content (AvgIpc) is 2.56. The van der Waals surface area contributed by atoms with E-state index in [9.17, 15) is 4.79 Å². The van der Waals surface area contributed by atoms with E-state index in [1.54, 1.807) is 0 Å². The number of rotatable bonds is 5. The van der Waals surface area contributed by atoms with Crippen LogP contribution in [-0.4, -0.2) is 19.1 Å². The van der Waals surface area contributed by atoms with Gasteiger partial charge in [0, 0.05) is 29.1 Å². The van der Waals surface area contributed by atoms with Crippen LogP contribution in [0.4, 0.5) is 5.69 Å². The highest BCUT2D eigenvalue weighted by Crippen LogP contribution is 2.43. The third-order valence-corrected chi connectivity index (χ3v) is 4.28. The van der Waals surface area contributed by atoms with Gasteiger partial charge in [0.1, 0.15) is 0 Å². The molecule has 1 unspecified atom stereocenters. The first kappa shape index (κ1) is 16.7. The SMILES string of the molecule is CCOc1cc2c(cc1OCC)C(c1ccc(Cl)cc1)CC(=O)N2. The summed E-state index contributed by atoms with van der Waals surface area (Å²) in [5, 5.41) is 3.62. The van der Waals surface area contributed by atoms with Crippen molar-refractivity contribution in [1.29, 1.82) is 0 Å². The molecule has 1 aliphatic heterocycles. The number of amides is 1. The van der Waals surface area contributed by atoms with Crippen molar-refractivity contribution in [2.24, 2.45) is 0 Å². The number of ether oxygens (including phenoxy) is 2. The highest BCUT2D eigenvalue weighted by Gasteiger charge is 2.28. The topological polar surface area (TPSA) is 47.6 Å². The maximum atomic E-state index is 12.1. The van der Waals surface area contributed by atoms with Crippen LogP contribution in [0.3, 0.4) is 0 Å². The van der Waals surface area contributed by atoms with Gasteiger partial charge in [-0.15, -0.1) is 0 Å². The van der Waals surface area contributed by atoms with Crippen LogP contribution < -0.4 is 14.8 Å². The maximum absolute atomic E-state index is 12.1. The van der Waals surface area contributed by atoms with Gasteiger partial charge in [-0.3, -0.25) is 4.79 Å². The number of hydrogen-bond acceptors (Lipinski definition) is 3. The normalized spacial score (nSPS) is 16.3. The fourth-order valence-corrected chi connectivity index (χ4v) is 3.12. The van der Waals surface area contributed by atoms with Crippen LogP contribution in [0.25, 0.3) is 0 Å². The molecular weight excluding hydrogens is 326 g/mol. The molecule has 0 radical (unpaired) electrons. The van der Waals surface area contributed by atoms with Crippen LogP contribution in [0.1, 0.15) is 37.3 Å². The second kappa shape index (κ2) is 7.14. The lowest BCUT2D eigenvalue weighted by molar-refractivity contribution is -0.116. The first-order chi connectivity index (χ1) is 11.6. The molecule has 1 heterocycles. The molecule has 0 bridgehead atoms. The molecule has 5 heteroatoms. The molecular formula is C19H20ClNO3. The first-order valence-electron chi connectivity index (χ1n) is 8.11. The molecule has 0 saturated heterocycles. The van der Waals surface area contributed by atoms with Gasteiger partial charge in [0.25, 0.3) is 0 Å². The van der Waals surface area contributed by atoms with Gasteiger partial charge in [0.05, 0.1) is 13.2 Å². The number of fused-ring (bicyclic) bond motifs is 1. The van der Waals surface area contributed by atoms with Crippen molar-refractivity contribution in [3.63, 3.8) is 0 Å². The Balaban J connectivity index is 2.08. The zero-order valence-corrected chi connectivity index (χ0v) is 14.5. The molecule has 0 fully saturated rings. The maximum Gasteiger partial charge on any atom is 0.225 e. The summed E-state index contributed by atoms with van der Waals surface area (Å²) in [6.45, 7) is 4.95. The van der Waals surface area contributed by atoms with Crippen molar-refractivity contribution in [2.75, 3.05) is 18.5 Å². The second-order valence-electron chi connectivity index (χ2n) is 5.61. The smallest absolute Gasteiger partial charge is 0.225 e. The fourth-order valence-electron chi connectivity index (χ4n) is 3.00. The van der Waals surface area contributed by atoms with E-state index in [4.69, 9.17) is 21.1 Å². The van der Waals surface area contributed by atoms with E-state index in [0.29, 0.717) is 36.2 Å². The molecule has 0 aliphatic carbocycles. The molecule has 0 aromatic heterocycles. The Morgan fingerprint density at radius 3 is 2.33 bits per heavy atom. The van der Waals surface area contributed by atoms with E-state index in [1.165, 1.54) is 0 Å². The van der Waals surface area contributed by atoms with Crippen LogP contribution >= 0.6 is 11.6 Å². The molecule has 0 saturated carbocycles. The molecule has 24 heavy (non-hydrogen) atoms. The van der Waals surface area contributed by atoms with Gasteiger partial charge in [0.15, 0.2) is 11.5 Å². The third kappa shape index (κ3) is 3.34. The Bertz CT molecular complexity index is 743. The van der Waals surface area contributed by atoms with Crippen LogP contribution in [0, 0.1) is 0 Å². The van der Waals surface area contributed by atoms with E-state index in [1.807, 2.05) is 50.2 Å². The van der Waals surface area contributed by atoms with Crippen molar-refractivity contribution in [3.8, 4) is 11.5 Å². The van der Waals surface area contributed by atoms with Crippen molar-refractivity contribution in [3.05, 3.63) is 52.5 Å². The van der Waals surface area contributed by atoms with E-state index in [0.717, 1.165) is 16.8 Å². The van der Waals surface area contributed by atoms with Crippen LogP contribution in [-0.2, 0) is 4.79 Å². The van der Waals surface area contributed by atoms with Crippen LogP contribution in [0.15, 0.2) is 36.4 Å². The van der Waals surface area contributed by atoms with Gasteiger partial charge in [-0.2, -0.15) is 0 Å². The lowest BCUT2D eigenvalue weighted by atomic mass is 9.84. The number of benzene rings is 2. The molecule has 2 aromatic rings. The molecule has 4 nitrogen and oxygen atoms in total. The van der Waals surface area contributed by atoms with Crippen molar-refractivity contribution < 1.29 is 14.3 Å². The largest absolute Gasteiger partial charge is 0.490 e. The molecule has 0 spiro atoms. The van der Waals surface area contributed by atoms with E-state index >= 15 is 0 Å². The van der Waals surface area contributed by atoms with Gasteiger partial charge in [-0.1, -0.05) is 23.7 Å². The Morgan fingerprint density at radius 2 is 1.71 bits per heavy atom. The number of halogens is 1. The number of anilines is 1. The molecule has 3 rings (SSSR count). The summed E-state index contributed by atoms with van der Waals surface area (Å²) < 4.78 is 11.4. The van der Waals surface area contributed by atoms with Gasteiger partial charge in [-0.05, 0) is 43.2 Å². The van der Waals surface area contributed by atoms with Crippen LogP contribution in [0.5, 0.6) is 11.5 Å². The summed E-state index contributed by atoms with van der Waals surface area (Å²) in [7, 11) is 0. The molecule has 2 aromatic carbocycles. The zero-order chi connectivity index (χ0) is 17.1. The Labute approximate surface area is 146 Å². The minimum absolute atomic E-state index is 0.00550. The highest BCUT2D eigenvalue weighted by atomic mass is 35.5. The number of carbonyl (C=O) groups is 1. The Hall–Kier alpha value is -2.20. The molecule has 1 aliphatic rings. The predicted octanol–water partition coefficient (Wildman–Crippen LogP) is 4.61. The minimum Gasteiger partial charge on any atom is -0.490 e. The van der Waals surface area contributed by atoms with Gasteiger partial charge < -0.3 is 14.8 Å². The second-order valence-corrected chi connectivity index (χ2v) is 6.05. The van der Waals surface area contributed by atoms with Gasteiger partial charge in [0.2, 0.25) is 5.91 Å². The Morgan fingerprint density at radius 1 is 1.08 bits per heavy atom. The summed E-state index contributed by atoms with van der Waals surface area (Å²) in [6.07, 6.45) is 0.397. The summed E-state index contributed by atoms with van der Waals surface area (Å²) in [5.41, 5.74) is 2.86. The number of carbonyl (C=O) groups excluding carboxylic acids is 1. The van der Waals surface area contributed by atoms with Crippen molar-refractivity contribution in [1.82, 2.24) is 0 Å². The Kier molecular flexibility index (Phi) is 4.95. The molecule has 1 atom stereocenters. The first-order valence-corrected chi connectivity index (χ1v) is 8.49. The lowest BCUT2D eigenvalue weighted by Gasteiger charge is -2.27. The average molecular weight is 346 g/mol. The zero-order valence-electron chi connectivity index (χ0n) is 13.8. The van der Waals surface area contributed by atoms with Crippen molar-refractivity contribution in [2.45, 2.75) is 26.2 Å². The van der Waals surface area contributed by atoms with E-state index < -0.39 is 0 Å². The molecule has 1 amide bonds. The fraction of sp³-hybridized carbons (Fsp3) is 0.316. The number of hydrogen-bond donors (Lipinski definition) is 1.